The van der Waals surface area contributed by atoms with E-state index in [2.05, 4.69) is 21.2 Å². The Kier molecular flexibility index (Phi) is 8.71. The van der Waals surface area contributed by atoms with Gasteiger partial charge in [0.05, 0.1) is 18.5 Å². The number of carbonyl (C=O) groups excluding carboxylic acids is 2. The number of hydrogen-bond donors (Lipinski definition) is 1. The summed E-state index contributed by atoms with van der Waals surface area (Å²) in [5.74, 6) is 0.869. The molecule has 0 bridgehead atoms. The van der Waals surface area contributed by atoms with Crippen LogP contribution in [0.15, 0.2) is 102 Å². The molecule has 4 aromatic carbocycles. The molecule has 1 N–H and O–H groups in total. The van der Waals surface area contributed by atoms with Gasteiger partial charge in [-0.1, -0.05) is 63.9 Å². The highest BCUT2D eigenvalue weighted by Crippen LogP contribution is 2.37. The molecule has 0 aliphatic heterocycles. The normalized spacial score (nSPS) is 11.2. The first-order valence-corrected chi connectivity index (χ1v) is 14.6. The van der Waals surface area contributed by atoms with Crippen LogP contribution in [-0.4, -0.2) is 34.1 Å². The minimum atomic E-state index is -0.701. The quantitative estimate of drug-likeness (QED) is 0.176. The Morgan fingerprint density at radius 2 is 1.49 bits per heavy atom. The van der Waals surface area contributed by atoms with Crippen molar-refractivity contribution in [1.82, 2.24) is 9.55 Å². The molecule has 0 unspecified atom stereocenters. The van der Waals surface area contributed by atoms with E-state index in [9.17, 15) is 9.59 Å². The van der Waals surface area contributed by atoms with E-state index in [1.54, 1.807) is 81.0 Å². The molecule has 218 valence electrons. The second-order valence-electron chi connectivity index (χ2n) is 10.7. The van der Waals surface area contributed by atoms with Crippen molar-refractivity contribution >= 4 is 45.1 Å². The Labute approximate surface area is 263 Å². The molecule has 5 aromatic rings. The molecule has 9 heteroatoms. The monoisotopic (exact) mass is 657 g/mol. The maximum absolute atomic E-state index is 14.5. The van der Waals surface area contributed by atoms with Crippen LogP contribution in [0.4, 0.5) is 10.5 Å². The van der Waals surface area contributed by atoms with Crippen molar-refractivity contribution in [3.63, 3.8) is 0 Å². The van der Waals surface area contributed by atoms with E-state index in [-0.39, 0.29) is 5.78 Å². The number of nitrogens with zero attached hydrogens (tertiary/aromatic N) is 2. The van der Waals surface area contributed by atoms with Gasteiger partial charge >= 0.3 is 6.09 Å². The van der Waals surface area contributed by atoms with Crippen molar-refractivity contribution < 1.29 is 19.1 Å². The van der Waals surface area contributed by atoms with Crippen LogP contribution in [0.25, 0.3) is 28.3 Å². The van der Waals surface area contributed by atoms with Crippen molar-refractivity contribution in [2.45, 2.75) is 26.4 Å². The summed E-state index contributed by atoms with van der Waals surface area (Å²) < 4.78 is 13.5. The van der Waals surface area contributed by atoms with Crippen LogP contribution >= 0.6 is 27.5 Å². The fourth-order valence-electron chi connectivity index (χ4n) is 4.53. The highest BCUT2D eigenvalue weighted by molar-refractivity contribution is 9.10. The number of ether oxygens (including phenoxy) is 2. The van der Waals surface area contributed by atoms with Crippen LogP contribution in [0, 0.1) is 0 Å². The van der Waals surface area contributed by atoms with E-state index in [4.69, 9.17) is 26.1 Å². The fourth-order valence-corrected chi connectivity index (χ4v) is 4.92. The van der Waals surface area contributed by atoms with E-state index < -0.39 is 11.7 Å². The van der Waals surface area contributed by atoms with E-state index >= 15 is 0 Å². The van der Waals surface area contributed by atoms with Gasteiger partial charge < -0.3 is 9.47 Å². The lowest BCUT2D eigenvalue weighted by Crippen LogP contribution is -2.27. The minimum absolute atomic E-state index is 0.268. The highest BCUT2D eigenvalue weighted by Gasteiger charge is 2.29. The molecule has 0 aliphatic carbocycles. The highest BCUT2D eigenvalue weighted by atomic mass is 79.9. The second-order valence-corrected chi connectivity index (χ2v) is 12.0. The molecule has 0 aliphatic rings. The van der Waals surface area contributed by atoms with Gasteiger partial charge in [0.1, 0.15) is 28.6 Å². The predicted octanol–water partition coefficient (Wildman–Crippen LogP) is 9.21. The van der Waals surface area contributed by atoms with Crippen molar-refractivity contribution in [3.05, 3.63) is 118 Å². The summed E-state index contributed by atoms with van der Waals surface area (Å²) in [6, 6.07) is 29.0. The zero-order valence-corrected chi connectivity index (χ0v) is 26.4. The summed E-state index contributed by atoms with van der Waals surface area (Å²) in [5, 5.41) is 3.43. The molecule has 5 rings (SSSR count). The summed E-state index contributed by atoms with van der Waals surface area (Å²) in [6.45, 7) is 5.39. The van der Waals surface area contributed by atoms with Crippen LogP contribution < -0.4 is 10.1 Å². The maximum Gasteiger partial charge on any atom is 0.412 e. The average Bonchev–Trinajstić information content (AvgIpc) is 3.37. The molecule has 1 aromatic heterocycles. The van der Waals surface area contributed by atoms with Gasteiger partial charge in [0.25, 0.3) is 0 Å². The molecule has 0 spiro atoms. The molecule has 1 amide bonds. The topological polar surface area (TPSA) is 82.5 Å². The van der Waals surface area contributed by atoms with Crippen LogP contribution in [-0.2, 0) is 4.74 Å². The standard InChI is InChI=1S/C34H29BrClN3O4/c1-34(2,3)43-33(41)37-27-7-5-6-8-28(27)39-30(31(40)22-13-19-26(42-4)20-14-22)29(21-11-17-25(36)18-12-21)38-32(39)23-9-15-24(35)16-10-23/h5-20H,1-4H3,(H,37,41). The Hall–Kier alpha value is -4.40. The number of imidazole rings is 1. The van der Waals surface area contributed by atoms with Crippen molar-refractivity contribution in [1.29, 1.82) is 0 Å². The summed E-state index contributed by atoms with van der Waals surface area (Å²) in [5.41, 5.74) is 2.96. The van der Waals surface area contributed by atoms with Gasteiger partial charge in [0.15, 0.2) is 0 Å². The summed E-state index contributed by atoms with van der Waals surface area (Å²) >= 11 is 9.73. The second kappa shape index (κ2) is 12.5. The number of para-hydroxylation sites is 2. The van der Waals surface area contributed by atoms with Gasteiger partial charge in [-0.3, -0.25) is 14.7 Å². The lowest BCUT2D eigenvalue weighted by molar-refractivity contribution is 0.0635. The number of hydrogen-bond acceptors (Lipinski definition) is 5. The molecule has 7 nitrogen and oxygen atoms in total. The lowest BCUT2D eigenvalue weighted by atomic mass is 10.0. The largest absolute Gasteiger partial charge is 0.497 e. The van der Waals surface area contributed by atoms with Crippen molar-refractivity contribution in [2.24, 2.45) is 0 Å². The number of amides is 1. The van der Waals surface area contributed by atoms with Crippen molar-refractivity contribution in [2.75, 3.05) is 12.4 Å². The number of aromatic nitrogens is 2. The number of anilines is 1. The van der Waals surface area contributed by atoms with E-state index in [0.717, 1.165) is 10.0 Å². The third-order valence-corrected chi connectivity index (χ3v) is 7.23. The third-order valence-electron chi connectivity index (χ3n) is 6.45. The zero-order chi connectivity index (χ0) is 30.7. The van der Waals surface area contributed by atoms with Gasteiger partial charge in [-0.05, 0) is 81.4 Å². The SMILES string of the molecule is COc1ccc(C(=O)c2c(-c3ccc(Cl)cc3)nc(-c3ccc(Br)cc3)n2-c2ccccc2NC(=O)OC(C)(C)C)cc1. The zero-order valence-electron chi connectivity index (χ0n) is 24.0. The Morgan fingerprint density at radius 3 is 2.12 bits per heavy atom. The van der Waals surface area contributed by atoms with Crippen LogP contribution in [0.3, 0.4) is 0 Å². The first kappa shape index (κ1) is 30.1. The number of nitrogens with one attached hydrogen (secondary N) is 1. The third kappa shape index (κ3) is 6.82. The Balaban J connectivity index is 1.80. The van der Waals surface area contributed by atoms with Crippen molar-refractivity contribution in [3.8, 4) is 34.1 Å². The van der Waals surface area contributed by atoms with Gasteiger partial charge in [0.2, 0.25) is 5.78 Å². The molecule has 0 radical (unpaired) electrons. The molecular formula is C34H29BrClN3O4. The van der Waals surface area contributed by atoms with Crippen LogP contribution in [0.5, 0.6) is 5.75 Å². The summed E-state index contributed by atoms with van der Waals surface area (Å²) in [6.07, 6.45) is -0.619. The molecule has 1 heterocycles. The Bertz CT molecular complexity index is 1780. The number of methoxy groups -OCH3 is 1. The van der Waals surface area contributed by atoms with E-state index in [1.165, 1.54) is 0 Å². The Morgan fingerprint density at radius 1 is 0.860 bits per heavy atom. The minimum Gasteiger partial charge on any atom is -0.497 e. The summed E-state index contributed by atoms with van der Waals surface area (Å²) in [4.78, 5) is 32.4. The number of benzene rings is 4. The molecule has 43 heavy (non-hydrogen) atoms. The first-order valence-electron chi connectivity index (χ1n) is 13.5. The summed E-state index contributed by atoms with van der Waals surface area (Å²) in [7, 11) is 1.57. The molecule has 0 saturated heterocycles. The van der Waals surface area contributed by atoms with Crippen LogP contribution in [0.1, 0.15) is 36.8 Å². The average molecular weight is 659 g/mol. The van der Waals surface area contributed by atoms with Crippen LogP contribution in [0.2, 0.25) is 5.02 Å². The van der Waals surface area contributed by atoms with Gasteiger partial charge in [-0.25, -0.2) is 9.78 Å². The smallest absolute Gasteiger partial charge is 0.412 e. The number of rotatable bonds is 7. The van der Waals surface area contributed by atoms with E-state index in [0.29, 0.717) is 50.5 Å². The molecular weight excluding hydrogens is 630 g/mol. The molecule has 0 atom stereocenters. The van der Waals surface area contributed by atoms with Gasteiger partial charge in [-0.2, -0.15) is 0 Å². The fraction of sp³-hybridized carbons (Fsp3) is 0.147. The lowest BCUT2D eigenvalue weighted by Gasteiger charge is -2.21. The number of carbonyl (C=O) groups is 2. The number of halogens is 2. The van der Waals surface area contributed by atoms with Gasteiger partial charge in [-0.15, -0.1) is 0 Å². The molecule has 0 saturated carbocycles. The number of ketones is 1. The van der Waals surface area contributed by atoms with Gasteiger partial charge in [0, 0.05) is 26.2 Å². The maximum atomic E-state index is 14.5. The predicted molar refractivity (Wildman–Crippen MR) is 173 cm³/mol. The first-order chi connectivity index (χ1) is 20.5. The molecule has 0 fully saturated rings. The van der Waals surface area contributed by atoms with E-state index in [1.807, 2.05) is 48.5 Å².